The number of halogens is 5. The van der Waals surface area contributed by atoms with E-state index in [-0.39, 0.29) is 12.4 Å². The van der Waals surface area contributed by atoms with Gasteiger partial charge in [-0.15, -0.1) is 23.7 Å². The highest BCUT2D eigenvalue weighted by Gasteiger charge is 2.12. The molecule has 106 valence electrons. The molecule has 0 fully saturated rings. The minimum atomic E-state index is -0.930. The molecule has 3 aromatic rings. The minimum Gasteiger partial charge on any atom is -0.324 e. The zero-order valence-electron chi connectivity index (χ0n) is 9.51. The standard InChI is InChI=1S/C11H5BrClF2N3S.ClH/c12-10-9(4(13)3-19-10)18-11-16-7-1-5(14)6(15)2-8(7)17-11;/h1-3H,(H2,16,17,18);1H. The fourth-order valence-electron chi connectivity index (χ4n) is 1.61. The summed E-state index contributed by atoms with van der Waals surface area (Å²) in [4.78, 5) is 6.98. The van der Waals surface area contributed by atoms with Gasteiger partial charge >= 0.3 is 0 Å². The maximum atomic E-state index is 13.1. The molecule has 0 bridgehead atoms. The Morgan fingerprint density at radius 3 is 2.65 bits per heavy atom. The minimum absolute atomic E-state index is 0. The van der Waals surface area contributed by atoms with Crippen LogP contribution in [-0.2, 0) is 0 Å². The average Bonchev–Trinajstić information content (AvgIpc) is 2.88. The van der Waals surface area contributed by atoms with Gasteiger partial charge < -0.3 is 10.3 Å². The van der Waals surface area contributed by atoms with Crippen molar-refractivity contribution < 1.29 is 8.78 Å². The monoisotopic (exact) mass is 399 g/mol. The highest BCUT2D eigenvalue weighted by atomic mass is 79.9. The largest absolute Gasteiger partial charge is 0.324 e. The lowest BCUT2D eigenvalue weighted by Gasteiger charge is -2.00. The van der Waals surface area contributed by atoms with E-state index in [1.54, 1.807) is 5.38 Å². The van der Waals surface area contributed by atoms with E-state index >= 15 is 0 Å². The molecule has 0 radical (unpaired) electrons. The highest BCUT2D eigenvalue weighted by molar-refractivity contribution is 9.11. The summed E-state index contributed by atoms with van der Waals surface area (Å²) in [5, 5.41) is 5.27. The topological polar surface area (TPSA) is 40.7 Å². The Hall–Kier alpha value is -0.890. The van der Waals surface area contributed by atoms with Gasteiger partial charge in [0.05, 0.1) is 25.5 Å². The van der Waals surface area contributed by atoms with Crippen molar-refractivity contribution in [1.29, 1.82) is 0 Å². The van der Waals surface area contributed by atoms with Gasteiger partial charge in [-0.05, 0) is 15.9 Å². The first-order chi connectivity index (χ1) is 9.04. The molecule has 2 N–H and O–H groups in total. The Labute approximate surface area is 135 Å². The molecule has 0 aliphatic carbocycles. The maximum Gasteiger partial charge on any atom is 0.205 e. The van der Waals surface area contributed by atoms with E-state index in [9.17, 15) is 8.78 Å². The number of benzene rings is 1. The molecule has 0 amide bonds. The van der Waals surface area contributed by atoms with Gasteiger partial charge in [-0.2, -0.15) is 0 Å². The van der Waals surface area contributed by atoms with Gasteiger partial charge in [-0.1, -0.05) is 11.6 Å². The number of aromatic nitrogens is 2. The quantitative estimate of drug-likeness (QED) is 0.597. The number of nitrogens with one attached hydrogen (secondary N) is 2. The van der Waals surface area contributed by atoms with Crippen molar-refractivity contribution >= 4 is 73.9 Å². The first-order valence-electron chi connectivity index (χ1n) is 5.09. The molecule has 0 unspecified atom stereocenters. The van der Waals surface area contributed by atoms with Crippen LogP contribution in [0.4, 0.5) is 20.4 Å². The number of thiophene rings is 1. The van der Waals surface area contributed by atoms with Crippen LogP contribution < -0.4 is 5.32 Å². The summed E-state index contributed by atoms with van der Waals surface area (Å²) in [7, 11) is 0. The summed E-state index contributed by atoms with van der Waals surface area (Å²) >= 11 is 10.8. The molecule has 9 heteroatoms. The normalized spacial score (nSPS) is 10.6. The zero-order valence-corrected chi connectivity index (χ0v) is 13.5. The summed E-state index contributed by atoms with van der Waals surface area (Å²) in [6, 6.07) is 2.10. The first-order valence-corrected chi connectivity index (χ1v) is 7.14. The SMILES string of the molecule is Cl.Fc1cc2nc(Nc3c(Cl)csc3Br)[nH]c2cc1F. The summed E-state index contributed by atoms with van der Waals surface area (Å²) in [5.74, 6) is -1.49. The molecule has 1 aromatic carbocycles. The molecular weight excluding hydrogens is 395 g/mol. The lowest BCUT2D eigenvalue weighted by Crippen LogP contribution is -1.91. The van der Waals surface area contributed by atoms with E-state index in [0.717, 1.165) is 15.9 Å². The molecule has 20 heavy (non-hydrogen) atoms. The molecule has 0 aliphatic rings. The Morgan fingerprint density at radius 1 is 1.30 bits per heavy atom. The smallest absolute Gasteiger partial charge is 0.205 e. The molecule has 0 saturated carbocycles. The van der Waals surface area contributed by atoms with E-state index in [4.69, 9.17) is 11.6 Å². The van der Waals surface area contributed by atoms with Crippen molar-refractivity contribution in [2.45, 2.75) is 0 Å². The molecule has 0 spiro atoms. The molecule has 0 aliphatic heterocycles. The van der Waals surface area contributed by atoms with Crippen LogP contribution in [-0.4, -0.2) is 9.97 Å². The van der Waals surface area contributed by atoms with Gasteiger partial charge in [0.2, 0.25) is 5.95 Å². The summed E-state index contributed by atoms with van der Waals surface area (Å²) in [5.41, 5.74) is 1.40. The van der Waals surface area contributed by atoms with Crippen LogP contribution in [0.5, 0.6) is 0 Å². The Bertz CT molecular complexity index is 716. The van der Waals surface area contributed by atoms with E-state index in [2.05, 4.69) is 31.2 Å². The second kappa shape index (κ2) is 5.85. The zero-order chi connectivity index (χ0) is 13.6. The van der Waals surface area contributed by atoms with Crippen LogP contribution in [0.25, 0.3) is 11.0 Å². The number of fused-ring (bicyclic) bond motifs is 1. The fraction of sp³-hybridized carbons (Fsp3) is 0. The molecule has 3 nitrogen and oxygen atoms in total. The molecule has 3 rings (SSSR count). The van der Waals surface area contributed by atoms with Crippen LogP contribution in [0, 0.1) is 11.6 Å². The van der Waals surface area contributed by atoms with Crippen molar-refractivity contribution in [1.82, 2.24) is 9.97 Å². The van der Waals surface area contributed by atoms with E-state index < -0.39 is 11.6 Å². The molecule has 2 aromatic heterocycles. The number of nitrogens with zero attached hydrogens (tertiary/aromatic N) is 1. The van der Waals surface area contributed by atoms with Crippen molar-refractivity contribution in [2.24, 2.45) is 0 Å². The second-order valence-corrected chi connectivity index (χ2v) is 6.33. The lowest BCUT2D eigenvalue weighted by molar-refractivity contribution is 0.510. The fourth-order valence-corrected chi connectivity index (χ4v) is 3.25. The van der Waals surface area contributed by atoms with Crippen LogP contribution in [0.15, 0.2) is 21.3 Å². The predicted molar refractivity (Wildman–Crippen MR) is 83.6 cm³/mol. The Morgan fingerprint density at radius 2 is 2.00 bits per heavy atom. The number of hydrogen-bond acceptors (Lipinski definition) is 3. The average molecular weight is 401 g/mol. The van der Waals surface area contributed by atoms with E-state index in [1.807, 2.05) is 0 Å². The number of imidazole rings is 1. The molecule has 0 saturated heterocycles. The predicted octanol–water partition coefficient (Wildman–Crippen LogP) is 5.48. The second-order valence-electron chi connectivity index (χ2n) is 3.73. The van der Waals surface area contributed by atoms with Gasteiger partial charge in [-0.25, -0.2) is 13.8 Å². The number of anilines is 2. The Balaban J connectivity index is 0.00000147. The van der Waals surface area contributed by atoms with Gasteiger partial charge in [-0.3, -0.25) is 0 Å². The van der Waals surface area contributed by atoms with Gasteiger partial charge in [0, 0.05) is 17.5 Å². The highest BCUT2D eigenvalue weighted by Crippen LogP contribution is 2.38. The lowest BCUT2D eigenvalue weighted by atomic mass is 10.3. The third-order valence-electron chi connectivity index (χ3n) is 2.47. The maximum absolute atomic E-state index is 13.1. The summed E-state index contributed by atoms with van der Waals surface area (Å²) in [6.07, 6.45) is 0. The van der Waals surface area contributed by atoms with Gasteiger partial charge in [0.1, 0.15) is 0 Å². The van der Waals surface area contributed by atoms with E-state index in [0.29, 0.717) is 27.7 Å². The van der Waals surface area contributed by atoms with E-state index in [1.165, 1.54) is 11.3 Å². The summed E-state index contributed by atoms with van der Waals surface area (Å²) in [6.45, 7) is 0. The van der Waals surface area contributed by atoms with Crippen molar-refractivity contribution in [2.75, 3.05) is 5.32 Å². The van der Waals surface area contributed by atoms with Crippen LogP contribution in [0.2, 0.25) is 5.02 Å². The Kier molecular flexibility index (Phi) is 4.53. The molecule has 0 atom stereocenters. The van der Waals surface area contributed by atoms with Crippen LogP contribution in [0.3, 0.4) is 0 Å². The first kappa shape index (κ1) is 15.5. The van der Waals surface area contributed by atoms with Crippen LogP contribution >= 0.6 is 51.3 Å². The van der Waals surface area contributed by atoms with Gasteiger partial charge in [0.15, 0.2) is 11.6 Å². The third-order valence-corrected chi connectivity index (χ3v) is 4.62. The number of H-pyrrole nitrogens is 1. The molecule has 2 heterocycles. The van der Waals surface area contributed by atoms with Crippen molar-refractivity contribution in [3.63, 3.8) is 0 Å². The third kappa shape index (κ3) is 2.76. The van der Waals surface area contributed by atoms with Crippen molar-refractivity contribution in [3.8, 4) is 0 Å². The van der Waals surface area contributed by atoms with Gasteiger partial charge in [0.25, 0.3) is 0 Å². The van der Waals surface area contributed by atoms with Crippen molar-refractivity contribution in [3.05, 3.63) is 38.0 Å². The van der Waals surface area contributed by atoms with Crippen LogP contribution in [0.1, 0.15) is 0 Å². The number of aromatic amines is 1. The number of rotatable bonds is 2. The summed E-state index contributed by atoms with van der Waals surface area (Å²) < 4.78 is 27.0. The number of hydrogen-bond donors (Lipinski definition) is 2. The molecular formula is C11H6BrCl2F2N3S.